The second kappa shape index (κ2) is 11.6. The average Bonchev–Trinajstić information content (AvgIpc) is 2.89. The third kappa shape index (κ3) is 5.78. The maximum atomic E-state index is 14.3. The second-order valence-electron chi connectivity index (χ2n) is 14.5. The third-order valence-corrected chi connectivity index (χ3v) is 8.57. The van der Waals surface area contributed by atoms with E-state index in [4.69, 9.17) is 10.5 Å². The number of primary amides is 1. The van der Waals surface area contributed by atoms with Crippen molar-refractivity contribution >= 4 is 35.3 Å². The van der Waals surface area contributed by atoms with Crippen molar-refractivity contribution in [2.45, 2.75) is 83.2 Å². The van der Waals surface area contributed by atoms with Crippen molar-refractivity contribution in [3.63, 3.8) is 0 Å². The number of nitrogens with one attached hydrogen (secondary N) is 3. The molecule has 0 aliphatic heterocycles. The van der Waals surface area contributed by atoms with Crippen molar-refractivity contribution in [3.05, 3.63) is 45.9 Å². The first-order valence-corrected chi connectivity index (χ1v) is 15.0. The third-order valence-electron chi connectivity index (χ3n) is 8.57. The fourth-order valence-electron chi connectivity index (χ4n) is 6.84. The molecule has 6 atom stereocenters. The molecule has 0 radical (unpaired) electrons. The maximum absolute atomic E-state index is 14.3. The van der Waals surface area contributed by atoms with Gasteiger partial charge in [0.1, 0.15) is 11.3 Å². The Kier molecular flexibility index (Phi) is 8.66. The van der Waals surface area contributed by atoms with Crippen LogP contribution >= 0.6 is 0 Å². The zero-order valence-electron chi connectivity index (χ0n) is 27.8. The van der Waals surface area contributed by atoms with E-state index in [1.807, 2.05) is 0 Å². The molecule has 0 heterocycles. The number of nitrogens with zero attached hydrogens (tertiary/aromatic N) is 1. The standard InChI is InChI=1S/C32H43N5O10/c1-12-13-10-11-14(34-28(45)35-30(2,3)4)21(38)16(13)22(39)17-15(12)23(40)19-20(37(8)9)24(41)18(27(33)44)26(43)32(19,25(17)42)47-29(46)36-31(5,6)7/h10-12,15,19-20,23,38,40-42H,1-9H3,(H2,33,44)(H,36,46)(H2,34,35,45). The number of ether oxygens (including phenoxy) is 1. The van der Waals surface area contributed by atoms with Crippen molar-refractivity contribution in [1.82, 2.24) is 15.5 Å². The van der Waals surface area contributed by atoms with E-state index < -0.39 is 105 Å². The number of hydrogen-bond donors (Lipinski definition) is 8. The molecule has 4 amide bonds. The number of carbonyl (C=O) groups is 5. The summed E-state index contributed by atoms with van der Waals surface area (Å²) in [5.41, 5.74) is -0.716. The van der Waals surface area contributed by atoms with Gasteiger partial charge in [0, 0.05) is 22.6 Å². The van der Waals surface area contributed by atoms with Gasteiger partial charge in [0.25, 0.3) is 5.91 Å². The van der Waals surface area contributed by atoms with E-state index in [9.17, 15) is 44.4 Å². The summed E-state index contributed by atoms with van der Waals surface area (Å²) in [6, 6.07) is 0.777. The van der Waals surface area contributed by atoms with Crippen LogP contribution in [-0.4, -0.2) is 97.8 Å². The summed E-state index contributed by atoms with van der Waals surface area (Å²) in [6.07, 6.45) is -3.01. The minimum atomic E-state index is -2.92. The molecule has 15 heteroatoms. The topological polar surface area (TPSA) is 241 Å². The SMILES string of the molecule is CC1c2ccc(NC(=O)NC(C)(C)C)c(O)c2C(=O)C2=C(O)C3(OC(=O)NC(C)(C)C)C(=O)C(C(N)=O)=C(O)C(N(C)C)C3C(O)C21. The number of likely N-dealkylation sites (N-methyl/N-ethyl adjacent to an activating group) is 1. The number of Topliss-reactive ketones (excluding diaryl/α,β-unsaturated/α-hetero) is 2. The summed E-state index contributed by atoms with van der Waals surface area (Å²) >= 11 is 0. The molecular weight excluding hydrogens is 614 g/mol. The van der Waals surface area contributed by atoms with E-state index in [1.165, 1.54) is 31.1 Å². The number of rotatable bonds is 4. The first-order chi connectivity index (χ1) is 21.5. The zero-order valence-corrected chi connectivity index (χ0v) is 27.8. The molecule has 15 nitrogen and oxygen atoms in total. The van der Waals surface area contributed by atoms with Gasteiger partial charge in [-0.05, 0) is 73.2 Å². The Bertz CT molecular complexity index is 1630. The van der Waals surface area contributed by atoms with Crippen molar-refractivity contribution in [3.8, 4) is 5.75 Å². The Morgan fingerprint density at radius 2 is 1.55 bits per heavy atom. The number of hydrogen-bond acceptors (Lipinski definition) is 11. The molecule has 6 unspecified atom stereocenters. The van der Waals surface area contributed by atoms with Crippen molar-refractivity contribution in [2.24, 2.45) is 17.6 Å². The average molecular weight is 658 g/mol. The Morgan fingerprint density at radius 1 is 0.979 bits per heavy atom. The lowest BCUT2D eigenvalue weighted by Gasteiger charge is -2.54. The van der Waals surface area contributed by atoms with Crippen LogP contribution in [0.4, 0.5) is 15.3 Å². The van der Waals surface area contributed by atoms with E-state index in [1.54, 1.807) is 48.5 Å². The maximum Gasteiger partial charge on any atom is 0.409 e. The van der Waals surface area contributed by atoms with Gasteiger partial charge in [-0.15, -0.1) is 0 Å². The Hall–Kier alpha value is -4.63. The molecule has 0 saturated carbocycles. The summed E-state index contributed by atoms with van der Waals surface area (Å²) in [4.78, 5) is 68.5. The van der Waals surface area contributed by atoms with Crippen LogP contribution in [0.25, 0.3) is 0 Å². The zero-order chi connectivity index (χ0) is 35.7. The van der Waals surface area contributed by atoms with E-state index in [2.05, 4.69) is 16.0 Å². The van der Waals surface area contributed by atoms with Crippen molar-refractivity contribution < 1.29 is 49.1 Å². The van der Waals surface area contributed by atoms with Crippen LogP contribution in [0.2, 0.25) is 0 Å². The van der Waals surface area contributed by atoms with Crippen LogP contribution in [0.15, 0.2) is 34.8 Å². The fraction of sp³-hybridized carbons (Fsp3) is 0.531. The van der Waals surface area contributed by atoms with Crippen molar-refractivity contribution in [2.75, 3.05) is 19.4 Å². The van der Waals surface area contributed by atoms with Gasteiger partial charge in [-0.1, -0.05) is 13.0 Å². The molecule has 256 valence electrons. The van der Waals surface area contributed by atoms with Gasteiger partial charge in [0.15, 0.2) is 17.3 Å². The first-order valence-electron chi connectivity index (χ1n) is 15.0. The van der Waals surface area contributed by atoms with Gasteiger partial charge in [-0.3, -0.25) is 19.3 Å². The number of urea groups is 1. The van der Waals surface area contributed by atoms with Gasteiger partial charge in [-0.2, -0.15) is 0 Å². The smallest absolute Gasteiger partial charge is 0.409 e. The summed E-state index contributed by atoms with van der Waals surface area (Å²) in [5.74, 6) is -10.1. The largest absolute Gasteiger partial charge is 0.510 e. The highest BCUT2D eigenvalue weighted by molar-refractivity contribution is 6.25. The lowest BCUT2D eigenvalue weighted by atomic mass is 9.55. The highest BCUT2D eigenvalue weighted by atomic mass is 16.6. The molecular formula is C32H43N5O10. The highest BCUT2D eigenvalue weighted by Crippen LogP contribution is 2.57. The van der Waals surface area contributed by atoms with Crippen LogP contribution < -0.4 is 21.7 Å². The molecule has 4 rings (SSSR count). The number of alkyl carbamates (subject to hydrolysis) is 1. The lowest BCUT2D eigenvalue weighted by molar-refractivity contribution is -0.163. The van der Waals surface area contributed by atoms with Crippen LogP contribution in [0, 0.1) is 11.8 Å². The highest BCUT2D eigenvalue weighted by Gasteiger charge is 2.70. The Balaban J connectivity index is 2.02. The van der Waals surface area contributed by atoms with Crippen LogP contribution in [0.1, 0.15) is 70.3 Å². The molecule has 0 fully saturated rings. The number of phenols is 1. The van der Waals surface area contributed by atoms with Crippen LogP contribution in [-0.2, 0) is 14.3 Å². The number of benzene rings is 1. The molecule has 0 spiro atoms. The predicted octanol–water partition coefficient (Wildman–Crippen LogP) is 2.10. The minimum Gasteiger partial charge on any atom is -0.510 e. The Labute approximate surface area is 271 Å². The number of aromatic hydroxyl groups is 1. The number of carbonyl (C=O) groups excluding carboxylic acids is 5. The second-order valence-corrected chi connectivity index (χ2v) is 14.5. The molecule has 3 aliphatic rings. The summed E-state index contributed by atoms with van der Waals surface area (Å²) in [7, 11) is 2.93. The number of aliphatic hydroxyl groups excluding tert-OH is 3. The lowest BCUT2D eigenvalue weighted by Crippen LogP contribution is -2.70. The van der Waals surface area contributed by atoms with E-state index in [0.717, 1.165) is 0 Å². The van der Waals surface area contributed by atoms with Gasteiger partial charge in [0.05, 0.1) is 29.3 Å². The summed E-state index contributed by atoms with van der Waals surface area (Å²) in [6.45, 7) is 11.7. The predicted molar refractivity (Wildman–Crippen MR) is 169 cm³/mol. The summed E-state index contributed by atoms with van der Waals surface area (Å²) in [5, 5.41) is 54.4. The molecule has 0 saturated heterocycles. The van der Waals surface area contributed by atoms with Crippen LogP contribution in [0.5, 0.6) is 5.75 Å². The van der Waals surface area contributed by atoms with Gasteiger partial charge < -0.3 is 46.8 Å². The molecule has 0 aromatic heterocycles. The minimum absolute atomic E-state index is 0.139. The number of fused-ring (bicyclic) bond motifs is 3. The quantitative estimate of drug-likeness (QED) is 0.172. The molecule has 0 bridgehead atoms. The molecule has 9 N–H and O–H groups in total. The molecule has 3 aliphatic carbocycles. The Morgan fingerprint density at radius 3 is 2.06 bits per heavy atom. The van der Waals surface area contributed by atoms with E-state index in [0.29, 0.717) is 0 Å². The van der Waals surface area contributed by atoms with Crippen LogP contribution in [0.3, 0.4) is 0 Å². The van der Waals surface area contributed by atoms with Gasteiger partial charge in [-0.25, -0.2) is 9.59 Å². The number of nitrogens with two attached hydrogens (primary N) is 1. The number of phenolic OH excluding ortho intramolecular Hbond substituents is 1. The number of anilines is 1. The molecule has 1 aromatic rings. The fourth-order valence-corrected chi connectivity index (χ4v) is 6.84. The van der Waals surface area contributed by atoms with Gasteiger partial charge in [0.2, 0.25) is 11.4 Å². The number of aliphatic hydroxyl groups is 3. The number of amides is 4. The van der Waals surface area contributed by atoms with E-state index in [-0.39, 0.29) is 16.8 Å². The van der Waals surface area contributed by atoms with Gasteiger partial charge >= 0.3 is 12.1 Å². The molecule has 1 aromatic carbocycles. The number of ketones is 2. The summed E-state index contributed by atoms with van der Waals surface area (Å²) < 4.78 is 5.71. The monoisotopic (exact) mass is 657 g/mol. The van der Waals surface area contributed by atoms with Crippen molar-refractivity contribution in [1.29, 1.82) is 0 Å². The normalized spacial score (nSPS) is 27.5. The molecule has 47 heavy (non-hydrogen) atoms. The van der Waals surface area contributed by atoms with E-state index >= 15 is 0 Å². The first kappa shape index (κ1) is 35.2.